The van der Waals surface area contributed by atoms with Crippen molar-refractivity contribution in [2.75, 3.05) is 4.90 Å². The van der Waals surface area contributed by atoms with Gasteiger partial charge in [0.25, 0.3) is 0 Å². The molecule has 0 aliphatic carbocycles. The molecule has 1 aromatic heterocycles. The summed E-state index contributed by atoms with van der Waals surface area (Å²) in [7, 11) is 0. The summed E-state index contributed by atoms with van der Waals surface area (Å²) in [6.07, 6.45) is 0. The molecule has 0 fully saturated rings. The van der Waals surface area contributed by atoms with Crippen LogP contribution in [0.3, 0.4) is 0 Å². The summed E-state index contributed by atoms with van der Waals surface area (Å²) < 4.78 is 0. The third kappa shape index (κ3) is 2.24. The monoisotopic (exact) mass is 346 g/mol. The van der Waals surface area contributed by atoms with Gasteiger partial charge < -0.3 is 15.6 Å². The van der Waals surface area contributed by atoms with Crippen molar-refractivity contribution < 1.29 is 4.79 Å². The number of hydrogen-bond acceptors (Lipinski definition) is 4. The second-order valence-corrected chi connectivity index (χ2v) is 7.38. The predicted molar refractivity (Wildman–Crippen MR) is 105 cm³/mol. The summed E-state index contributed by atoms with van der Waals surface area (Å²) in [4.78, 5) is 23.0. The maximum atomic E-state index is 13.3. The Kier molecular flexibility index (Phi) is 3.44. The number of para-hydroxylation sites is 2. The highest BCUT2D eigenvalue weighted by Crippen LogP contribution is 2.41. The van der Waals surface area contributed by atoms with Crippen LogP contribution < -0.4 is 10.6 Å². The molecule has 0 amide bonds. The number of aromatic amines is 1. The van der Waals surface area contributed by atoms with Crippen LogP contribution >= 0.6 is 0 Å². The van der Waals surface area contributed by atoms with Crippen LogP contribution in [-0.4, -0.2) is 21.3 Å². The third-order valence-electron chi connectivity index (χ3n) is 5.07. The Hall–Kier alpha value is -3.08. The normalized spacial score (nSPS) is 16.8. The zero-order valence-corrected chi connectivity index (χ0v) is 15.4. The van der Waals surface area contributed by atoms with Crippen LogP contribution in [0.5, 0.6) is 0 Å². The largest absolute Gasteiger partial charge is 0.384 e. The van der Waals surface area contributed by atoms with Crippen molar-refractivity contribution in [3.05, 3.63) is 65.2 Å². The lowest BCUT2D eigenvalue weighted by molar-refractivity contribution is -0.116. The molecule has 0 atom stereocenters. The van der Waals surface area contributed by atoms with Crippen molar-refractivity contribution in [2.45, 2.75) is 33.2 Å². The van der Waals surface area contributed by atoms with Gasteiger partial charge in [0.2, 0.25) is 0 Å². The zero-order chi connectivity index (χ0) is 18.6. The van der Waals surface area contributed by atoms with E-state index in [1.807, 2.05) is 56.9 Å². The number of nitrogens with two attached hydrogens (primary N) is 1. The van der Waals surface area contributed by atoms with Gasteiger partial charge in [0.1, 0.15) is 22.8 Å². The first kappa shape index (κ1) is 16.4. The van der Waals surface area contributed by atoms with Gasteiger partial charge in [-0.05, 0) is 57.0 Å². The molecule has 0 unspecified atom stereocenters. The number of carbonyl (C=O) groups is 1. The average Bonchev–Trinajstić information content (AvgIpc) is 3.07. The van der Waals surface area contributed by atoms with Crippen molar-refractivity contribution in [3.63, 3.8) is 0 Å². The molecule has 2 aromatic carbocycles. The Morgan fingerprint density at radius 2 is 1.85 bits per heavy atom. The van der Waals surface area contributed by atoms with Gasteiger partial charge in [-0.3, -0.25) is 4.79 Å². The lowest BCUT2D eigenvalue weighted by Gasteiger charge is -2.34. The smallest absolute Gasteiger partial charge is 0.195 e. The van der Waals surface area contributed by atoms with Crippen molar-refractivity contribution in [1.29, 1.82) is 0 Å². The Balaban J connectivity index is 1.93. The molecule has 4 rings (SSSR count). The minimum atomic E-state index is -0.781. The molecule has 0 radical (unpaired) electrons. The summed E-state index contributed by atoms with van der Waals surface area (Å²) in [6, 6.07) is 13.9. The number of rotatable bonds is 2. The van der Waals surface area contributed by atoms with Crippen molar-refractivity contribution in [1.82, 2.24) is 9.97 Å². The first-order valence-electron chi connectivity index (χ1n) is 8.68. The summed E-state index contributed by atoms with van der Waals surface area (Å²) in [6.45, 7) is 7.87. The lowest BCUT2D eigenvalue weighted by atomic mass is 9.95. The number of fused-ring (bicyclic) bond motifs is 1. The number of nitrogens with one attached hydrogen (secondary N) is 1. The fourth-order valence-electron chi connectivity index (χ4n) is 3.63. The fraction of sp³-hybridized carbons (Fsp3) is 0.238. The molecule has 3 aromatic rings. The molecule has 3 N–H and O–H groups in total. The number of H-pyrrole nitrogens is 1. The molecule has 5 nitrogen and oxygen atoms in total. The van der Waals surface area contributed by atoms with E-state index in [4.69, 9.17) is 5.73 Å². The van der Waals surface area contributed by atoms with Crippen LogP contribution in [0.1, 0.15) is 30.8 Å². The summed E-state index contributed by atoms with van der Waals surface area (Å²) in [5.41, 5.74) is 11.0. The number of aryl methyl sites for hydroxylation is 2. The molecule has 5 heteroatoms. The van der Waals surface area contributed by atoms with Crippen LogP contribution in [0.25, 0.3) is 16.6 Å². The highest BCUT2D eigenvalue weighted by Gasteiger charge is 2.47. The van der Waals surface area contributed by atoms with Gasteiger partial charge >= 0.3 is 0 Å². The average molecular weight is 346 g/mol. The molecular formula is C21H22N4O. The number of ketones is 1. The van der Waals surface area contributed by atoms with Crippen molar-refractivity contribution in [2.24, 2.45) is 5.73 Å². The van der Waals surface area contributed by atoms with E-state index in [2.05, 4.69) is 28.2 Å². The number of nitrogens with zero attached hydrogens (tertiary/aromatic N) is 2. The van der Waals surface area contributed by atoms with E-state index in [0.29, 0.717) is 17.2 Å². The predicted octanol–water partition coefficient (Wildman–Crippen LogP) is 3.67. The Labute approximate surface area is 152 Å². The van der Waals surface area contributed by atoms with Crippen LogP contribution in [0.2, 0.25) is 0 Å². The Bertz CT molecular complexity index is 1040. The Morgan fingerprint density at radius 3 is 2.58 bits per heavy atom. The highest BCUT2D eigenvalue weighted by atomic mass is 16.1. The van der Waals surface area contributed by atoms with E-state index in [1.54, 1.807) is 0 Å². The van der Waals surface area contributed by atoms with Gasteiger partial charge in [-0.1, -0.05) is 24.3 Å². The molecule has 0 saturated heterocycles. The van der Waals surface area contributed by atoms with Crippen LogP contribution in [0.4, 0.5) is 5.69 Å². The van der Waals surface area contributed by atoms with Crippen LogP contribution in [0, 0.1) is 13.8 Å². The SMILES string of the molecule is Cc1ccc(C)c(N2C(N)=C(c3nc4ccccc4[nH]3)C(=O)C2(C)C)c1. The first-order valence-corrected chi connectivity index (χ1v) is 8.68. The zero-order valence-electron chi connectivity index (χ0n) is 15.4. The van der Waals surface area contributed by atoms with E-state index in [0.717, 1.165) is 27.8 Å². The minimum absolute atomic E-state index is 0.0324. The second kappa shape index (κ2) is 5.46. The number of Topliss-reactive ketones (excluding diaryl/α,β-unsaturated/α-hetero) is 1. The lowest BCUT2D eigenvalue weighted by Crippen LogP contribution is -2.46. The number of hydrogen-bond donors (Lipinski definition) is 2. The van der Waals surface area contributed by atoms with Gasteiger partial charge in [0, 0.05) is 5.69 Å². The van der Waals surface area contributed by atoms with Gasteiger partial charge in [-0.15, -0.1) is 0 Å². The van der Waals surface area contributed by atoms with Crippen molar-refractivity contribution in [3.8, 4) is 0 Å². The molecule has 26 heavy (non-hydrogen) atoms. The number of benzene rings is 2. The molecular weight excluding hydrogens is 324 g/mol. The molecule has 0 spiro atoms. The maximum absolute atomic E-state index is 13.3. The molecule has 0 saturated carbocycles. The number of aromatic nitrogens is 2. The molecule has 2 heterocycles. The third-order valence-corrected chi connectivity index (χ3v) is 5.07. The first-order chi connectivity index (χ1) is 12.3. The van der Waals surface area contributed by atoms with Gasteiger partial charge in [0.15, 0.2) is 5.78 Å². The number of carbonyl (C=O) groups excluding carboxylic acids is 1. The molecule has 1 aliphatic heterocycles. The van der Waals surface area contributed by atoms with Gasteiger partial charge in [0.05, 0.1) is 11.0 Å². The fourth-order valence-corrected chi connectivity index (χ4v) is 3.63. The van der Waals surface area contributed by atoms with E-state index < -0.39 is 5.54 Å². The standard InChI is InChI=1S/C21H22N4O/c1-12-9-10-13(2)16(11-12)25-19(22)17(18(26)21(25,3)4)20-23-14-7-5-6-8-15(14)24-20/h5-11H,22H2,1-4H3,(H,23,24). The quantitative estimate of drug-likeness (QED) is 0.742. The summed E-state index contributed by atoms with van der Waals surface area (Å²) >= 11 is 0. The number of anilines is 1. The maximum Gasteiger partial charge on any atom is 0.195 e. The topological polar surface area (TPSA) is 75.0 Å². The summed E-state index contributed by atoms with van der Waals surface area (Å²) in [5.74, 6) is 0.928. The van der Waals surface area contributed by atoms with E-state index in [9.17, 15) is 4.79 Å². The van der Waals surface area contributed by atoms with E-state index >= 15 is 0 Å². The van der Waals surface area contributed by atoms with Gasteiger partial charge in [-0.2, -0.15) is 0 Å². The molecule has 132 valence electrons. The van der Waals surface area contributed by atoms with Crippen LogP contribution in [0.15, 0.2) is 48.3 Å². The van der Waals surface area contributed by atoms with Crippen molar-refractivity contribution >= 4 is 28.1 Å². The second-order valence-electron chi connectivity index (χ2n) is 7.38. The van der Waals surface area contributed by atoms with Crippen LogP contribution in [-0.2, 0) is 4.79 Å². The number of imidazole rings is 1. The highest BCUT2D eigenvalue weighted by molar-refractivity contribution is 6.29. The molecule has 1 aliphatic rings. The van der Waals surface area contributed by atoms with E-state index in [1.165, 1.54) is 0 Å². The Morgan fingerprint density at radius 1 is 1.12 bits per heavy atom. The summed E-state index contributed by atoms with van der Waals surface area (Å²) in [5, 5.41) is 0. The van der Waals surface area contributed by atoms with E-state index in [-0.39, 0.29) is 5.78 Å². The minimum Gasteiger partial charge on any atom is -0.384 e. The molecule has 0 bridgehead atoms. The van der Waals surface area contributed by atoms with Gasteiger partial charge in [-0.25, -0.2) is 4.98 Å².